The minimum Gasteiger partial charge on any atom is -0.438 e. The summed E-state index contributed by atoms with van der Waals surface area (Å²) < 4.78 is 11.4. The van der Waals surface area contributed by atoms with Crippen molar-refractivity contribution in [1.29, 1.82) is 0 Å². The van der Waals surface area contributed by atoms with E-state index < -0.39 is 0 Å². The molecule has 0 amide bonds. The van der Waals surface area contributed by atoms with Crippen LogP contribution in [0.4, 0.5) is 0 Å². The molecule has 0 N–H and O–H groups in total. The molecule has 0 aliphatic rings. The number of rotatable bonds is 4. The quantitative estimate of drug-likeness (QED) is 0.869. The molecule has 17 heavy (non-hydrogen) atoms. The zero-order valence-electron chi connectivity index (χ0n) is 9.26. The van der Waals surface area contributed by atoms with E-state index in [0.29, 0.717) is 12.5 Å². The maximum absolute atomic E-state index is 5.64. The van der Waals surface area contributed by atoms with Crippen molar-refractivity contribution in [1.82, 2.24) is 9.97 Å². The van der Waals surface area contributed by atoms with Gasteiger partial charge < -0.3 is 9.47 Å². The predicted octanol–water partition coefficient (Wildman–Crippen LogP) is 3.18. The van der Waals surface area contributed by atoms with E-state index in [9.17, 15) is 0 Å². The maximum Gasteiger partial charge on any atom is 0.236 e. The van der Waals surface area contributed by atoms with Crippen molar-refractivity contribution in [2.24, 2.45) is 0 Å². The Hall–Kier alpha value is -1.46. The van der Waals surface area contributed by atoms with E-state index in [1.807, 2.05) is 24.3 Å². The summed E-state index contributed by atoms with van der Waals surface area (Å²) >= 11 is 3.33. The number of hydrogen-bond acceptors (Lipinski definition) is 4. The summed E-state index contributed by atoms with van der Waals surface area (Å²) in [5, 5.41) is 0. The summed E-state index contributed by atoms with van der Waals surface area (Å²) in [4.78, 5) is 7.91. The fourth-order valence-corrected chi connectivity index (χ4v) is 1.66. The van der Waals surface area contributed by atoms with Crippen molar-refractivity contribution >= 4 is 15.9 Å². The van der Waals surface area contributed by atoms with Crippen molar-refractivity contribution in [2.75, 3.05) is 7.11 Å². The highest BCUT2D eigenvalue weighted by Crippen LogP contribution is 2.26. The van der Waals surface area contributed by atoms with E-state index >= 15 is 0 Å². The Bertz CT molecular complexity index is 505. The molecule has 1 aromatic carbocycles. The Balaban J connectivity index is 2.18. The molecule has 0 unspecified atom stereocenters. The number of hydrogen-bond donors (Lipinski definition) is 0. The van der Waals surface area contributed by atoms with Crippen LogP contribution in [0.25, 0.3) is 0 Å². The minimum absolute atomic E-state index is 0.495. The van der Waals surface area contributed by atoms with E-state index in [1.165, 1.54) is 6.33 Å². The lowest BCUT2D eigenvalue weighted by Gasteiger charge is -2.07. The highest BCUT2D eigenvalue weighted by atomic mass is 79.9. The highest BCUT2D eigenvalue weighted by molar-refractivity contribution is 9.10. The van der Waals surface area contributed by atoms with Crippen LogP contribution in [-0.2, 0) is 11.3 Å². The van der Waals surface area contributed by atoms with E-state index in [4.69, 9.17) is 9.47 Å². The van der Waals surface area contributed by atoms with Crippen molar-refractivity contribution in [2.45, 2.75) is 6.61 Å². The SMILES string of the molecule is COCc1cccc(Oc2ncncc2Br)c1. The zero-order valence-corrected chi connectivity index (χ0v) is 10.8. The molecule has 0 bridgehead atoms. The third-order valence-corrected chi connectivity index (χ3v) is 2.60. The maximum atomic E-state index is 5.64. The normalized spacial score (nSPS) is 10.2. The van der Waals surface area contributed by atoms with Crippen LogP contribution in [0.15, 0.2) is 41.3 Å². The monoisotopic (exact) mass is 294 g/mol. The van der Waals surface area contributed by atoms with Gasteiger partial charge in [-0.1, -0.05) is 12.1 Å². The van der Waals surface area contributed by atoms with Gasteiger partial charge in [-0.25, -0.2) is 9.97 Å². The average Bonchev–Trinajstić information content (AvgIpc) is 2.33. The molecule has 4 nitrogen and oxygen atoms in total. The lowest BCUT2D eigenvalue weighted by atomic mass is 10.2. The van der Waals surface area contributed by atoms with Crippen LogP contribution < -0.4 is 4.74 Å². The van der Waals surface area contributed by atoms with Gasteiger partial charge in [0.15, 0.2) is 0 Å². The molecule has 0 aliphatic carbocycles. The summed E-state index contributed by atoms with van der Waals surface area (Å²) in [6.45, 7) is 0.558. The Morgan fingerprint density at radius 1 is 1.35 bits per heavy atom. The molecule has 2 aromatic rings. The second-order valence-electron chi connectivity index (χ2n) is 3.36. The van der Waals surface area contributed by atoms with E-state index in [0.717, 1.165) is 15.8 Å². The Morgan fingerprint density at radius 3 is 3.00 bits per heavy atom. The van der Waals surface area contributed by atoms with Gasteiger partial charge in [0.2, 0.25) is 5.88 Å². The van der Waals surface area contributed by atoms with E-state index in [1.54, 1.807) is 13.3 Å². The molecule has 0 fully saturated rings. The molecule has 0 spiro atoms. The van der Waals surface area contributed by atoms with E-state index in [2.05, 4.69) is 25.9 Å². The van der Waals surface area contributed by atoms with Crippen LogP contribution in [0.2, 0.25) is 0 Å². The fourth-order valence-electron chi connectivity index (χ4n) is 1.35. The lowest BCUT2D eigenvalue weighted by Crippen LogP contribution is -1.92. The number of nitrogens with zero attached hydrogens (tertiary/aromatic N) is 2. The number of methoxy groups -OCH3 is 1. The predicted molar refractivity (Wildman–Crippen MR) is 67.0 cm³/mol. The molecule has 0 aliphatic heterocycles. The first-order chi connectivity index (χ1) is 8.29. The van der Waals surface area contributed by atoms with Gasteiger partial charge in [-0.15, -0.1) is 0 Å². The Labute approximate surface area is 108 Å². The molecule has 0 atom stereocenters. The van der Waals surface area contributed by atoms with Gasteiger partial charge in [-0.3, -0.25) is 0 Å². The summed E-state index contributed by atoms with van der Waals surface area (Å²) in [5.41, 5.74) is 1.05. The molecule has 88 valence electrons. The van der Waals surface area contributed by atoms with Gasteiger partial charge in [-0.2, -0.15) is 0 Å². The standard InChI is InChI=1S/C12H11BrN2O2/c1-16-7-9-3-2-4-10(5-9)17-12-11(13)6-14-8-15-12/h2-6,8H,7H2,1H3. The van der Waals surface area contributed by atoms with E-state index in [-0.39, 0.29) is 0 Å². The van der Waals surface area contributed by atoms with Gasteiger partial charge in [0.05, 0.1) is 11.1 Å². The van der Waals surface area contributed by atoms with Gasteiger partial charge >= 0.3 is 0 Å². The molecule has 0 radical (unpaired) electrons. The topological polar surface area (TPSA) is 44.2 Å². The first kappa shape index (κ1) is 12.0. The summed E-state index contributed by atoms with van der Waals surface area (Å²) in [5.74, 6) is 1.22. The fraction of sp³-hybridized carbons (Fsp3) is 0.167. The zero-order chi connectivity index (χ0) is 12.1. The summed E-state index contributed by atoms with van der Waals surface area (Å²) in [6, 6.07) is 7.68. The molecule has 1 heterocycles. The first-order valence-electron chi connectivity index (χ1n) is 5.01. The Morgan fingerprint density at radius 2 is 2.24 bits per heavy atom. The minimum atomic E-state index is 0.495. The van der Waals surface area contributed by atoms with Crippen LogP contribution in [0.5, 0.6) is 11.6 Å². The van der Waals surface area contributed by atoms with Crippen molar-refractivity contribution in [3.05, 3.63) is 46.8 Å². The molecular weight excluding hydrogens is 284 g/mol. The second-order valence-corrected chi connectivity index (χ2v) is 4.21. The molecule has 0 saturated carbocycles. The smallest absolute Gasteiger partial charge is 0.236 e. The number of ether oxygens (including phenoxy) is 2. The van der Waals surface area contributed by atoms with Crippen LogP contribution in [-0.4, -0.2) is 17.1 Å². The second kappa shape index (κ2) is 5.75. The lowest BCUT2D eigenvalue weighted by molar-refractivity contribution is 0.184. The first-order valence-corrected chi connectivity index (χ1v) is 5.80. The van der Waals surface area contributed by atoms with Gasteiger partial charge in [0.1, 0.15) is 12.1 Å². The van der Waals surface area contributed by atoms with Crippen LogP contribution in [0, 0.1) is 0 Å². The molecule has 0 saturated heterocycles. The molecule has 5 heteroatoms. The molecule has 2 rings (SSSR count). The van der Waals surface area contributed by atoms with Gasteiger partial charge in [0, 0.05) is 13.3 Å². The highest BCUT2D eigenvalue weighted by Gasteiger charge is 2.04. The Kier molecular flexibility index (Phi) is 4.06. The van der Waals surface area contributed by atoms with Crippen LogP contribution in [0.3, 0.4) is 0 Å². The van der Waals surface area contributed by atoms with Crippen LogP contribution >= 0.6 is 15.9 Å². The molecular formula is C12H11BrN2O2. The largest absolute Gasteiger partial charge is 0.438 e. The van der Waals surface area contributed by atoms with Gasteiger partial charge in [0.25, 0.3) is 0 Å². The number of aromatic nitrogens is 2. The van der Waals surface area contributed by atoms with Crippen molar-refractivity contribution in [3.63, 3.8) is 0 Å². The van der Waals surface area contributed by atoms with Crippen molar-refractivity contribution < 1.29 is 9.47 Å². The van der Waals surface area contributed by atoms with Crippen LogP contribution in [0.1, 0.15) is 5.56 Å². The summed E-state index contributed by atoms with van der Waals surface area (Å²) in [7, 11) is 1.66. The molecule has 1 aromatic heterocycles. The summed E-state index contributed by atoms with van der Waals surface area (Å²) in [6.07, 6.45) is 3.08. The van der Waals surface area contributed by atoms with Gasteiger partial charge in [-0.05, 0) is 33.6 Å². The van der Waals surface area contributed by atoms with Crippen molar-refractivity contribution in [3.8, 4) is 11.6 Å². The number of benzene rings is 1. The third-order valence-electron chi connectivity index (χ3n) is 2.06. The third kappa shape index (κ3) is 3.25. The number of halogens is 1. The average molecular weight is 295 g/mol.